The van der Waals surface area contributed by atoms with Gasteiger partial charge in [-0.3, -0.25) is 4.79 Å². The van der Waals surface area contributed by atoms with Gasteiger partial charge in [0.15, 0.2) is 4.80 Å². The van der Waals surface area contributed by atoms with Gasteiger partial charge in [-0.15, -0.1) is 6.58 Å². The summed E-state index contributed by atoms with van der Waals surface area (Å²) in [5, 5.41) is 0. The molecule has 0 radical (unpaired) electrons. The van der Waals surface area contributed by atoms with E-state index in [-0.39, 0.29) is 5.91 Å². The van der Waals surface area contributed by atoms with Gasteiger partial charge < -0.3 is 14.0 Å². The molecule has 2 aromatic carbocycles. The SMILES string of the molecule is C=CCn1c(=NC(=O)c2ccc(OCCCCC)cc2)sc2cc(OC)ccc21. The maximum Gasteiger partial charge on any atom is 0.279 e. The molecule has 0 saturated heterocycles. The largest absolute Gasteiger partial charge is 0.497 e. The van der Waals surface area contributed by atoms with E-state index in [9.17, 15) is 4.79 Å². The van der Waals surface area contributed by atoms with Crippen molar-refractivity contribution in [3.63, 3.8) is 0 Å². The van der Waals surface area contributed by atoms with Crippen LogP contribution < -0.4 is 14.3 Å². The van der Waals surface area contributed by atoms with Crippen LogP contribution in [0.5, 0.6) is 11.5 Å². The minimum absolute atomic E-state index is 0.279. The van der Waals surface area contributed by atoms with Gasteiger partial charge in [-0.2, -0.15) is 4.99 Å². The van der Waals surface area contributed by atoms with Gasteiger partial charge in [0.05, 0.1) is 23.9 Å². The van der Waals surface area contributed by atoms with E-state index in [2.05, 4.69) is 18.5 Å². The highest BCUT2D eigenvalue weighted by molar-refractivity contribution is 7.16. The Morgan fingerprint density at radius 3 is 2.62 bits per heavy atom. The van der Waals surface area contributed by atoms with Crippen LogP contribution in [0.1, 0.15) is 36.5 Å². The van der Waals surface area contributed by atoms with Crippen LogP contribution in [0.25, 0.3) is 10.2 Å². The van der Waals surface area contributed by atoms with E-state index >= 15 is 0 Å². The molecule has 1 amide bonds. The van der Waals surface area contributed by atoms with Crippen molar-refractivity contribution in [1.29, 1.82) is 0 Å². The lowest BCUT2D eigenvalue weighted by Crippen LogP contribution is -2.16. The molecule has 0 spiro atoms. The second-order valence-corrected chi connectivity index (χ2v) is 7.62. The Morgan fingerprint density at radius 1 is 1.17 bits per heavy atom. The van der Waals surface area contributed by atoms with E-state index in [1.54, 1.807) is 25.3 Å². The van der Waals surface area contributed by atoms with Crippen molar-refractivity contribution in [2.45, 2.75) is 32.7 Å². The van der Waals surface area contributed by atoms with Gasteiger partial charge >= 0.3 is 0 Å². The Bertz CT molecular complexity index is 1050. The molecule has 3 rings (SSSR count). The van der Waals surface area contributed by atoms with Crippen molar-refractivity contribution in [3.8, 4) is 11.5 Å². The predicted molar refractivity (Wildman–Crippen MR) is 118 cm³/mol. The highest BCUT2D eigenvalue weighted by atomic mass is 32.1. The molecular formula is C23H26N2O3S. The highest BCUT2D eigenvalue weighted by Crippen LogP contribution is 2.23. The third kappa shape index (κ3) is 5.15. The number of allylic oxidation sites excluding steroid dienone is 1. The van der Waals surface area contributed by atoms with Gasteiger partial charge in [0, 0.05) is 12.1 Å². The number of hydrogen-bond donors (Lipinski definition) is 0. The molecule has 152 valence electrons. The first-order valence-corrected chi connectivity index (χ1v) is 10.6. The fraction of sp³-hybridized carbons (Fsp3) is 0.304. The van der Waals surface area contributed by atoms with Gasteiger partial charge in [-0.25, -0.2) is 0 Å². The number of ether oxygens (including phenoxy) is 2. The summed E-state index contributed by atoms with van der Waals surface area (Å²) in [5.41, 5.74) is 1.53. The zero-order chi connectivity index (χ0) is 20.6. The van der Waals surface area contributed by atoms with Crippen LogP contribution in [-0.4, -0.2) is 24.2 Å². The zero-order valence-electron chi connectivity index (χ0n) is 16.9. The summed E-state index contributed by atoms with van der Waals surface area (Å²) in [7, 11) is 1.64. The molecule has 5 nitrogen and oxygen atoms in total. The first-order chi connectivity index (χ1) is 14.2. The van der Waals surface area contributed by atoms with Gasteiger partial charge in [0.25, 0.3) is 5.91 Å². The lowest BCUT2D eigenvalue weighted by Gasteiger charge is -2.05. The van der Waals surface area contributed by atoms with E-state index in [4.69, 9.17) is 9.47 Å². The third-order valence-corrected chi connectivity index (χ3v) is 5.56. The number of benzene rings is 2. The fourth-order valence-electron chi connectivity index (χ4n) is 2.96. The molecule has 0 unspecified atom stereocenters. The number of fused-ring (bicyclic) bond motifs is 1. The molecule has 3 aromatic rings. The lowest BCUT2D eigenvalue weighted by molar-refractivity contribution is 0.0998. The zero-order valence-corrected chi connectivity index (χ0v) is 17.7. The van der Waals surface area contributed by atoms with Crippen molar-refractivity contribution in [1.82, 2.24) is 4.57 Å². The normalized spacial score (nSPS) is 11.6. The Morgan fingerprint density at radius 2 is 1.93 bits per heavy atom. The maximum atomic E-state index is 12.7. The molecule has 0 aliphatic heterocycles. The van der Waals surface area contributed by atoms with Crippen molar-refractivity contribution in [3.05, 3.63) is 65.5 Å². The number of thiazole rings is 1. The molecule has 0 bridgehead atoms. The van der Waals surface area contributed by atoms with Gasteiger partial charge in [-0.1, -0.05) is 37.2 Å². The van der Waals surface area contributed by atoms with Crippen LogP contribution in [0.3, 0.4) is 0 Å². The number of unbranched alkanes of at least 4 members (excludes halogenated alkanes) is 2. The summed E-state index contributed by atoms with van der Waals surface area (Å²) < 4.78 is 14.0. The molecule has 0 saturated carbocycles. The molecule has 0 aliphatic rings. The van der Waals surface area contributed by atoms with Gasteiger partial charge in [-0.05, 0) is 48.9 Å². The second kappa shape index (κ2) is 10.1. The summed E-state index contributed by atoms with van der Waals surface area (Å²) in [6.45, 7) is 7.25. The summed E-state index contributed by atoms with van der Waals surface area (Å²) in [6, 6.07) is 13.0. The van der Waals surface area contributed by atoms with Crippen LogP contribution in [0.2, 0.25) is 0 Å². The third-order valence-electron chi connectivity index (χ3n) is 4.52. The first-order valence-electron chi connectivity index (χ1n) is 9.76. The number of hydrogen-bond acceptors (Lipinski definition) is 4. The van der Waals surface area contributed by atoms with Crippen molar-refractivity contribution >= 4 is 27.5 Å². The molecule has 1 aromatic heterocycles. The Labute approximate surface area is 174 Å². The average Bonchev–Trinajstić information content (AvgIpc) is 3.08. The smallest absolute Gasteiger partial charge is 0.279 e. The second-order valence-electron chi connectivity index (χ2n) is 6.61. The minimum Gasteiger partial charge on any atom is -0.497 e. The number of aromatic nitrogens is 1. The van der Waals surface area contributed by atoms with E-state index < -0.39 is 0 Å². The number of methoxy groups -OCH3 is 1. The van der Waals surface area contributed by atoms with Crippen molar-refractivity contribution in [2.24, 2.45) is 4.99 Å². The molecule has 1 heterocycles. The fourth-order valence-corrected chi connectivity index (χ4v) is 4.02. The summed E-state index contributed by atoms with van der Waals surface area (Å²) in [5.74, 6) is 1.27. The molecular weight excluding hydrogens is 384 g/mol. The topological polar surface area (TPSA) is 52.8 Å². The van der Waals surface area contributed by atoms with Gasteiger partial charge in [0.2, 0.25) is 0 Å². The maximum absolute atomic E-state index is 12.7. The first kappa shape index (κ1) is 20.9. The van der Waals surface area contributed by atoms with E-state index in [1.807, 2.05) is 34.9 Å². The summed E-state index contributed by atoms with van der Waals surface area (Å²) in [4.78, 5) is 17.7. The number of carbonyl (C=O) groups is 1. The van der Waals surface area contributed by atoms with Crippen LogP contribution in [-0.2, 0) is 6.54 Å². The average molecular weight is 411 g/mol. The van der Waals surface area contributed by atoms with Crippen molar-refractivity contribution < 1.29 is 14.3 Å². The van der Waals surface area contributed by atoms with Crippen LogP contribution in [0.4, 0.5) is 0 Å². The number of carbonyl (C=O) groups excluding carboxylic acids is 1. The standard InChI is InChI=1S/C23H26N2O3S/c1-4-6-7-15-28-18-10-8-17(9-11-18)22(26)24-23-25(14-5-2)20-13-12-19(27-3)16-21(20)29-23/h5,8-13,16H,2,4,6-7,14-15H2,1,3H3. The molecule has 0 aliphatic carbocycles. The van der Waals surface area contributed by atoms with Gasteiger partial charge in [0.1, 0.15) is 11.5 Å². The molecule has 6 heteroatoms. The Balaban J connectivity index is 1.85. The van der Waals surface area contributed by atoms with Crippen LogP contribution >= 0.6 is 11.3 Å². The number of amides is 1. The summed E-state index contributed by atoms with van der Waals surface area (Å²) >= 11 is 1.46. The van der Waals surface area contributed by atoms with Crippen molar-refractivity contribution in [2.75, 3.05) is 13.7 Å². The van der Waals surface area contributed by atoms with E-state index in [1.165, 1.54) is 11.3 Å². The minimum atomic E-state index is -0.279. The molecule has 0 atom stereocenters. The predicted octanol–water partition coefficient (Wildman–Crippen LogP) is 5.21. The monoisotopic (exact) mass is 410 g/mol. The Hall–Kier alpha value is -2.86. The molecule has 0 N–H and O–H groups in total. The van der Waals surface area contributed by atoms with E-state index in [0.29, 0.717) is 23.5 Å². The summed E-state index contributed by atoms with van der Waals surface area (Å²) in [6.07, 6.45) is 5.15. The van der Waals surface area contributed by atoms with Crippen LogP contribution in [0.15, 0.2) is 60.1 Å². The Kier molecular flexibility index (Phi) is 7.25. The molecule has 29 heavy (non-hydrogen) atoms. The lowest BCUT2D eigenvalue weighted by atomic mass is 10.2. The van der Waals surface area contributed by atoms with E-state index in [0.717, 1.165) is 41.0 Å². The number of nitrogens with zero attached hydrogens (tertiary/aromatic N) is 2. The molecule has 0 fully saturated rings. The quantitative estimate of drug-likeness (QED) is 0.359. The van der Waals surface area contributed by atoms with Crippen LogP contribution in [0, 0.1) is 0 Å². The highest BCUT2D eigenvalue weighted by Gasteiger charge is 2.10. The number of rotatable bonds is 9.